The Hall–Kier alpha value is -1.06. The number of anilines is 1. The van der Waals surface area contributed by atoms with E-state index in [0.717, 1.165) is 32.5 Å². The maximum atomic E-state index is 12.8. The van der Waals surface area contributed by atoms with E-state index in [1.54, 1.807) is 0 Å². The van der Waals surface area contributed by atoms with E-state index in [-0.39, 0.29) is 18.3 Å². The van der Waals surface area contributed by atoms with Crippen molar-refractivity contribution in [3.63, 3.8) is 0 Å². The van der Waals surface area contributed by atoms with Gasteiger partial charge in [-0.15, -0.1) is 12.4 Å². The predicted molar refractivity (Wildman–Crippen MR) is 82.5 cm³/mol. The molecule has 4 rings (SSSR count). The third kappa shape index (κ3) is 2.04. The molecule has 1 amide bonds. The van der Waals surface area contributed by atoms with Crippen molar-refractivity contribution in [1.29, 1.82) is 0 Å². The first-order chi connectivity index (χ1) is 9.30. The first-order valence-electron chi connectivity index (χ1n) is 7.42. The van der Waals surface area contributed by atoms with Crippen LogP contribution in [0.5, 0.6) is 0 Å². The summed E-state index contributed by atoms with van der Waals surface area (Å²) in [7, 11) is 0. The van der Waals surface area contributed by atoms with Gasteiger partial charge < -0.3 is 10.2 Å². The van der Waals surface area contributed by atoms with Crippen LogP contribution in [0.15, 0.2) is 24.3 Å². The highest BCUT2D eigenvalue weighted by Crippen LogP contribution is 2.56. The molecule has 2 heterocycles. The Morgan fingerprint density at radius 3 is 2.60 bits per heavy atom. The maximum Gasteiger partial charge on any atom is 0.230 e. The molecule has 0 radical (unpaired) electrons. The quantitative estimate of drug-likeness (QED) is 0.862. The van der Waals surface area contributed by atoms with Gasteiger partial charge in [0.15, 0.2) is 0 Å². The monoisotopic (exact) mass is 292 g/mol. The number of hydrogen-bond acceptors (Lipinski definition) is 2. The van der Waals surface area contributed by atoms with E-state index >= 15 is 0 Å². The van der Waals surface area contributed by atoms with Crippen LogP contribution in [0.4, 0.5) is 5.69 Å². The van der Waals surface area contributed by atoms with E-state index in [9.17, 15) is 4.79 Å². The van der Waals surface area contributed by atoms with Gasteiger partial charge >= 0.3 is 0 Å². The van der Waals surface area contributed by atoms with Gasteiger partial charge in [0, 0.05) is 23.6 Å². The molecule has 1 aliphatic carbocycles. The summed E-state index contributed by atoms with van der Waals surface area (Å²) in [5.41, 5.74) is 2.92. The van der Waals surface area contributed by atoms with E-state index in [0.29, 0.717) is 11.3 Å². The smallest absolute Gasteiger partial charge is 0.230 e. The zero-order chi connectivity index (χ0) is 12.9. The number of nitrogens with zero attached hydrogens (tertiary/aromatic N) is 1. The van der Waals surface area contributed by atoms with Crippen LogP contribution in [-0.2, 0) is 10.2 Å². The molecular formula is C16H21ClN2O. The number of halogens is 1. The highest BCUT2D eigenvalue weighted by atomic mass is 35.5. The number of piperidine rings is 1. The molecule has 108 valence electrons. The molecule has 1 N–H and O–H groups in total. The van der Waals surface area contributed by atoms with Crippen LogP contribution in [0.2, 0.25) is 0 Å². The zero-order valence-corrected chi connectivity index (χ0v) is 12.4. The Morgan fingerprint density at radius 2 is 1.90 bits per heavy atom. The minimum Gasteiger partial charge on any atom is -0.317 e. The Kier molecular flexibility index (Phi) is 3.51. The molecule has 1 saturated carbocycles. The number of carbonyl (C=O) groups excluding carboxylic acids is 1. The Bertz CT molecular complexity index is 521. The summed E-state index contributed by atoms with van der Waals surface area (Å²) >= 11 is 0. The number of para-hydroxylation sites is 1. The second-order valence-corrected chi connectivity index (χ2v) is 6.25. The number of rotatable bonds is 1. The third-order valence-corrected chi connectivity index (χ3v) is 5.03. The van der Waals surface area contributed by atoms with Crippen LogP contribution in [0.25, 0.3) is 0 Å². The normalized spacial score (nSPS) is 23.3. The van der Waals surface area contributed by atoms with Crippen LogP contribution in [0, 0.1) is 5.92 Å². The molecule has 2 fully saturated rings. The van der Waals surface area contributed by atoms with Crippen LogP contribution in [-0.4, -0.2) is 25.5 Å². The van der Waals surface area contributed by atoms with Gasteiger partial charge in [-0.3, -0.25) is 4.79 Å². The summed E-state index contributed by atoms with van der Waals surface area (Å²) in [6, 6.07) is 8.51. The minimum absolute atomic E-state index is 0. The molecule has 0 bridgehead atoms. The van der Waals surface area contributed by atoms with Gasteiger partial charge in [0.2, 0.25) is 5.91 Å². The minimum atomic E-state index is 0. The van der Waals surface area contributed by atoms with Crippen LogP contribution in [0.1, 0.15) is 31.2 Å². The number of nitrogens with one attached hydrogen (secondary N) is 1. The van der Waals surface area contributed by atoms with Crippen LogP contribution in [0.3, 0.4) is 0 Å². The maximum absolute atomic E-state index is 12.8. The lowest BCUT2D eigenvalue weighted by Crippen LogP contribution is -2.41. The molecule has 0 unspecified atom stereocenters. The van der Waals surface area contributed by atoms with Crippen molar-refractivity contribution in [1.82, 2.24) is 5.32 Å². The zero-order valence-electron chi connectivity index (χ0n) is 11.6. The lowest BCUT2D eigenvalue weighted by Gasteiger charge is -2.27. The van der Waals surface area contributed by atoms with E-state index in [1.165, 1.54) is 24.1 Å². The fraction of sp³-hybridized carbons (Fsp3) is 0.562. The number of amides is 1. The lowest BCUT2D eigenvalue weighted by atomic mass is 9.96. The molecule has 3 aliphatic rings. The molecule has 0 atom stereocenters. The molecule has 4 heteroatoms. The fourth-order valence-corrected chi connectivity index (χ4v) is 3.69. The number of carbonyl (C=O) groups is 1. The largest absolute Gasteiger partial charge is 0.317 e. The average Bonchev–Trinajstić information content (AvgIpc) is 3.18. The first-order valence-corrected chi connectivity index (χ1v) is 7.42. The molecule has 1 spiro atoms. The molecule has 1 aromatic rings. The second-order valence-electron chi connectivity index (χ2n) is 6.25. The predicted octanol–water partition coefficient (Wildman–Crippen LogP) is 2.49. The van der Waals surface area contributed by atoms with E-state index < -0.39 is 0 Å². The molecule has 20 heavy (non-hydrogen) atoms. The standard InChI is InChI=1S/C16H20N2O.ClH/c19-15(12-5-9-17-10-6-12)18-11-16(7-8-16)13-3-1-2-4-14(13)18;/h1-4,12,17H,5-11H2;1H. The van der Waals surface area contributed by atoms with E-state index in [1.807, 2.05) is 0 Å². The summed E-state index contributed by atoms with van der Waals surface area (Å²) in [6.07, 6.45) is 4.48. The Balaban J connectivity index is 0.00000121. The molecule has 1 saturated heterocycles. The van der Waals surface area contributed by atoms with Gasteiger partial charge in [-0.05, 0) is 50.4 Å². The number of benzene rings is 1. The average molecular weight is 293 g/mol. The highest BCUT2D eigenvalue weighted by molar-refractivity contribution is 5.98. The summed E-state index contributed by atoms with van der Waals surface area (Å²) in [5, 5.41) is 3.34. The molecule has 1 aromatic carbocycles. The summed E-state index contributed by atoms with van der Waals surface area (Å²) < 4.78 is 0. The van der Waals surface area contributed by atoms with E-state index in [4.69, 9.17) is 0 Å². The molecule has 3 nitrogen and oxygen atoms in total. The van der Waals surface area contributed by atoms with Crippen molar-refractivity contribution in [2.75, 3.05) is 24.5 Å². The van der Waals surface area contributed by atoms with Crippen molar-refractivity contribution < 1.29 is 4.79 Å². The van der Waals surface area contributed by atoms with Gasteiger partial charge in [0.05, 0.1) is 0 Å². The third-order valence-electron chi connectivity index (χ3n) is 5.03. The Morgan fingerprint density at radius 1 is 1.20 bits per heavy atom. The molecule has 2 aliphatic heterocycles. The van der Waals surface area contributed by atoms with Crippen LogP contribution >= 0.6 is 12.4 Å². The highest BCUT2D eigenvalue weighted by Gasteiger charge is 2.53. The first kappa shape index (κ1) is 13.9. The van der Waals surface area contributed by atoms with Crippen molar-refractivity contribution >= 4 is 24.0 Å². The molecular weight excluding hydrogens is 272 g/mol. The summed E-state index contributed by atoms with van der Waals surface area (Å²) in [4.78, 5) is 14.9. The van der Waals surface area contributed by atoms with Gasteiger partial charge in [0.1, 0.15) is 0 Å². The summed E-state index contributed by atoms with van der Waals surface area (Å²) in [5.74, 6) is 0.584. The fourth-order valence-electron chi connectivity index (χ4n) is 3.69. The lowest BCUT2D eigenvalue weighted by molar-refractivity contribution is -0.123. The SMILES string of the molecule is Cl.O=C(C1CCNCC1)N1CC2(CC2)c2ccccc21. The molecule has 0 aromatic heterocycles. The van der Waals surface area contributed by atoms with E-state index in [2.05, 4.69) is 34.5 Å². The van der Waals surface area contributed by atoms with Gasteiger partial charge in [-0.1, -0.05) is 18.2 Å². The Labute approximate surface area is 126 Å². The second kappa shape index (κ2) is 5.05. The number of fused-ring (bicyclic) bond motifs is 2. The topological polar surface area (TPSA) is 32.3 Å². The number of hydrogen-bond donors (Lipinski definition) is 1. The van der Waals surface area contributed by atoms with Crippen molar-refractivity contribution in [2.24, 2.45) is 5.92 Å². The van der Waals surface area contributed by atoms with Crippen LogP contribution < -0.4 is 10.2 Å². The van der Waals surface area contributed by atoms with Crippen molar-refractivity contribution in [2.45, 2.75) is 31.1 Å². The van der Waals surface area contributed by atoms with Gasteiger partial charge in [-0.25, -0.2) is 0 Å². The van der Waals surface area contributed by atoms with Crippen molar-refractivity contribution in [3.05, 3.63) is 29.8 Å². The van der Waals surface area contributed by atoms with Gasteiger partial charge in [-0.2, -0.15) is 0 Å². The van der Waals surface area contributed by atoms with Gasteiger partial charge in [0.25, 0.3) is 0 Å². The summed E-state index contributed by atoms with van der Waals surface area (Å²) in [6.45, 7) is 2.89. The van der Waals surface area contributed by atoms with Crippen molar-refractivity contribution in [3.8, 4) is 0 Å².